The molecule has 0 aliphatic rings. The Morgan fingerprint density at radius 3 is 1.24 bits per heavy atom. The highest BCUT2D eigenvalue weighted by molar-refractivity contribution is 6.21. The number of alkyl halides is 3. The van der Waals surface area contributed by atoms with Crippen LogP contribution in [0.25, 0.3) is 43.8 Å². The molecule has 0 heterocycles. The number of hydrogen-bond donors (Lipinski definition) is 0. The van der Waals surface area contributed by atoms with Gasteiger partial charge in [0.05, 0.1) is 18.2 Å². The van der Waals surface area contributed by atoms with E-state index in [1.807, 2.05) is 0 Å². The summed E-state index contributed by atoms with van der Waals surface area (Å²) < 4.78 is 134. The Morgan fingerprint density at radius 2 is 0.895 bits per heavy atom. The number of fused-ring (bicyclic) bond motifs is 2. The fraction of sp³-hybridized carbons (Fsp3) is 0.0714. The van der Waals surface area contributed by atoms with Gasteiger partial charge in [0.25, 0.3) is 0 Å². The molecule has 0 fully saturated rings. The summed E-state index contributed by atoms with van der Waals surface area (Å²) >= 11 is 0. The van der Waals surface area contributed by atoms with Crippen LogP contribution in [0.3, 0.4) is 0 Å². The van der Waals surface area contributed by atoms with E-state index < -0.39 is 63.3 Å². The first kappa shape index (κ1) is 25.4. The molecular formula is C28H13F9O. The standard InChI is InChI=1S/C28H13F9O/c1-38-12-10-17(29)21(18(30)11-12)19-13-6-2-4-8-15(13)20(16-9-5-3-7-14(16)19)22-24(31)26(33)23(28(35,36)37)27(34)25(22)32/h2-11H,1H3. The van der Waals surface area contributed by atoms with Crippen molar-refractivity contribution in [2.24, 2.45) is 0 Å². The second kappa shape index (κ2) is 8.97. The summed E-state index contributed by atoms with van der Waals surface area (Å²) in [5, 5.41) is -0.202. The van der Waals surface area contributed by atoms with Crippen molar-refractivity contribution in [2.45, 2.75) is 6.18 Å². The fourth-order valence-electron chi connectivity index (χ4n) is 4.67. The van der Waals surface area contributed by atoms with E-state index in [2.05, 4.69) is 0 Å². The molecule has 0 amide bonds. The van der Waals surface area contributed by atoms with Crippen molar-refractivity contribution in [2.75, 3.05) is 7.11 Å². The molecule has 0 aliphatic heterocycles. The van der Waals surface area contributed by atoms with Crippen LogP contribution in [-0.2, 0) is 6.18 Å². The molecule has 5 aromatic carbocycles. The van der Waals surface area contributed by atoms with Gasteiger partial charge in [0.15, 0.2) is 23.3 Å². The molecule has 0 bridgehead atoms. The zero-order valence-electron chi connectivity index (χ0n) is 19.1. The van der Waals surface area contributed by atoms with E-state index in [1.54, 1.807) is 0 Å². The van der Waals surface area contributed by atoms with Gasteiger partial charge in [0.2, 0.25) is 0 Å². The van der Waals surface area contributed by atoms with Crippen molar-refractivity contribution in [1.29, 1.82) is 0 Å². The third-order valence-corrected chi connectivity index (χ3v) is 6.23. The normalized spacial score (nSPS) is 11.9. The van der Waals surface area contributed by atoms with Gasteiger partial charge in [-0.1, -0.05) is 48.5 Å². The molecule has 10 heteroatoms. The minimum Gasteiger partial charge on any atom is -0.497 e. The van der Waals surface area contributed by atoms with Gasteiger partial charge in [0.1, 0.15) is 22.9 Å². The highest BCUT2D eigenvalue weighted by atomic mass is 19.4. The van der Waals surface area contributed by atoms with Crippen LogP contribution in [0.15, 0.2) is 60.7 Å². The largest absolute Gasteiger partial charge is 0.497 e. The number of benzene rings is 5. The van der Waals surface area contributed by atoms with Crippen LogP contribution in [0, 0.1) is 34.9 Å². The first-order valence-electron chi connectivity index (χ1n) is 10.9. The molecule has 0 radical (unpaired) electrons. The SMILES string of the molecule is COc1cc(F)c(-c2c3ccccc3c(-c3c(F)c(F)c(C(F)(F)F)c(F)c3F)c3ccccc23)c(F)c1. The highest BCUT2D eigenvalue weighted by Crippen LogP contribution is 2.48. The molecule has 38 heavy (non-hydrogen) atoms. The molecule has 5 aromatic rings. The number of hydrogen-bond acceptors (Lipinski definition) is 1. The Morgan fingerprint density at radius 1 is 0.526 bits per heavy atom. The number of ether oxygens (including phenoxy) is 1. The molecule has 0 aromatic heterocycles. The van der Waals surface area contributed by atoms with E-state index in [9.17, 15) is 22.0 Å². The average Bonchev–Trinajstić information content (AvgIpc) is 2.87. The third-order valence-electron chi connectivity index (χ3n) is 6.23. The monoisotopic (exact) mass is 536 g/mol. The van der Waals surface area contributed by atoms with E-state index in [-0.39, 0.29) is 32.9 Å². The molecule has 0 saturated heterocycles. The first-order valence-corrected chi connectivity index (χ1v) is 10.9. The second-order valence-electron chi connectivity index (χ2n) is 8.31. The lowest BCUT2D eigenvalue weighted by Crippen LogP contribution is -2.16. The zero-order valence-corrected chi connectivity index (χ0v) is 19.1. The third kappa shape index (κ3) is 3.74. The molecule has 0 unspecified atom stereocenters. The Labute approximate surface area is 208 Å². The average molecular weight is 536 g/mol. The van der Waals surface area contributed by atoms with Crippen LogP contribution in [0.4, 0.5) is 39.5 Å². The van der Waals surface area contributed by atoms with E-state index in [4.69, 9.17) is 4.74 Å². The van der Waals surface area contributed by atoms with E-state index in [1.165, 1.54) is 55.6 Å². The molecule has 0 atom stereocenters. The highest BCUT2D eigenvalue weighted by Gasteiger charge is 2.43. The van der Waals surface area contributed by atoms with E-state index in [0.29, 0.717) is 0 Å². The Hall–Kier alpha value is -4.21. The summed E-state index contributed by atoms with van der Waals surface area (Å²) in [5.74, 6) is -11.9. The van der Waals surface area contributed by atoms with Gasteiger partial charge in [-0.25, -0.2) is 26.3 Å². The minimum absolute atomic E-state index is 0.0173. The lowest BCUT2D eigenvalue weighted by molar-refractivity contribution is -0.143. The Kier molecular flexibility index (Phi) is 6.00. The number of methoxy groups -OCH3 is 1. The summed E-state index contributed by atoms with van der Waals surface area (Å²) in [6.45, 7) is 0. The van der Waals surface area contributed by atoms with Crippen molar-refractivity contribution in [3.05, 3.63) is 101 Å². The zero-order chi connectivity index (χ0) is 27.5. The summed E-state index contributed by atoms with van der Waals surface area (Å²) in [6.07, 6.45) is -5.72. The van der Waals surface area contributed by atoms with Crippen molar-refractivity contribution in [3.8, 4) is 28.0 Å². The smallest absolute Gasteiger partial charge is 0.422 e. The summed E-state index contributed by atoms with van der Waals surface area (Å²) in [5.41, 5.74) is -5.15. The van der Waals surface area contributed by atoms with Gasteiger partial charge in [-0.05, 0) is 21.5 Å². The topological polar surface area (TPSA) is 9.23 Å². The van der Waals surface area contributed by atoms with Crippen molar-refractivity contribution >= 4 is 21.5 Å². The van der Waals surface area contributed by atoms with Crippen LogP contribution in [-0.4, -0.2) is 7.11 Å². The van der Waals surface area contributed by atoms with Crippen LogP contribution in [0.2, 0.25) is 0 Å². The van der Waals surface area contributed by atoms with Gasteiger partial charge < -0.3 is 4.74 Å². The molecule has 5 rings (SSSR count). The van der Waals surface area contributed by atoms with Crippen LogP contribution < -0.4 is 4.74 Å². The molecule has 0 spiro atoms. The Balaban J connectivity index is 2.00. The molecule has 0 saturated carbocycles. The summed E-state index contributed by atoms with van der Waals surface area (Å²) in [7, 11) is 1.21. The van der Waals surface area contributed by atoms with Crippen molar-refractivity contribution in [1.82, 2.24) is 0 Å². The molecule has 0 N–H and O–H groups in total. The van der Waals surface area contributed by atoms with Gasteiger partial charge in [-0.2, -0.15) is 13.2 Å². The van der Waals surface area contributed by atoms with Crippen molar-refractivity contribution < 1.29 is 44.3 Å². The van der Waals surface area contributed by atoms with Crippen LogP contribution in [0.1, 0.15) is 5.56 Å². The summed E-state index contributed by atoms with van der Waals surface area (Å²) in [6, 6.07) is 12.8. The maximum absolute atomic E-state index is 15.2. The minimum atomic E-state index is -5.72. The van der Waals surface area contributed by atoms with E-state index in [0.717, 1.165) is 12.1 Å². The maximum Gasteiger partial charge on any atom is 0.422 e. The molecule has 1 nitrogen and oxygen atoms in total. The number of rotatable bonds is 3. The van der Waals surface area contributed by atoms with Crippen molar-refractivity contribution in [3.63, 3.8) is 0 Å². The fourth-order valence-corrected chi connectivity index (χ4v) is 4.67. The second-order valence-corrected chi connectivity index (χ2v) is 8.31. The predicted octanol–water partition coefficient (Wildman–Crippen LogP) is 9.19. The molecular weight excluding hydrogens is 523 g/mol. The van der Waals surface area contributed by atoms with Crippen LogP contribution >= 0.6 is 0 Å². The lowest BCUT2D eigenvalue weighted by atomic mass is 9.85. The van der Waals surface area contributed by atoms with Crippen LogP contribution in [0.5, 0.6) is 5.75 Å². The number of halogens is 9. The van der Waals surface area contributed by atoms with Gasteiger partial charge in [-0.15, -0.1) is 0 Å². The van der Waals surface area contributed by atoms with Gasteiger partial charge in [-0.3, -0.25) is 0 Å². The Bertz CT molecular complexity index is 1650. The maximum atomic E-state index is 15.2. The quantitative estimate of drug-likeness (QED) is 0.127. The van der Waals surface area contributed by atoms with E-state index >= 15 is 17.6 Å². The predicted molar refractivity (Wildman–Crippen MR) is 124 cm³/mol. The summed E-state index contributed by atoms with van der Waals surface area (Å²) in [4.78, 5) is 0. The van der Waals surface area contributed by atoms with Gasteiger partial charge >= 0.3 is 6.18 Å². The first-order chi connectivity index (χ1) is 18.0. The van der Waals surface area contributed by atoms with Gasteiger partial charge in [0, 0.05) is 23.3 Å². The molecule has 0 aliphatic carbocycles. The molecule has 194 valence electrons. The lowest BCUT2D eigenvalue weighted by Gasteiger charge is -2.20.